The zero-order valence-electron chi connectivity index (χ0n) is 9.20. The monoisotopic (exact) mass is 229 g/mol. The molecule has 0 saturated heterocycles. The van der Waals surface area contributed by atoms with E-state index >= 15 is 0 Å². The smallest absolute Gasteiger partial charge is 0.0591 e. The highest BCUT2D eigenvalue weighted by Crippen LogP contribution is 2.04. The van der Waals surface area contributed by atoms with E-state index in [1.807, 2.05) is 0 Å². The van der Waals surface area contributed by atoms with Gasteiger partial charge in [-0.15, -0.1) is 0 Å². The Morgan fingerprint density at radius 3 is 3.00 bits per heavy atom. The molecule has 0 fully saturated rings. The van der Waals surface area contributed by atoms with E-state index in [4.69, 9.17) is 9.47 Å². The first-order valence-corrected chi connectivity index (χ1v) is 6.16. The molecule has 0 aliphatic rings. The van der Waals surface area contributed by atoms with Gasteiger partial charge in [-0.25, -0.2) is 0 Å². The van der Waals surface area contributed by atoms with Crippen LogP contribution in [-0.2, 0) is 16.0 Å². The highest BCUT2D eigenvalue weighted by atomic mass is 32.1. The van der Waals surface area contributed by atoms with Gasteiger partial charge in [-0.3, -0.25) is 0 Å². The fraction of sp³-hybridized carbons (Fsp3) is 0.636. The fourth-order valence-electron chi connectivity index (χ4n) is 1.18. The lowest BCUT2D eigenvalue weighted by molar-refractivity contribution is 0.104. The van der Waals surface area contributed by atoms with Crippen LogP contribution in [0.1, 0.15) is 12.0 Å². The van der Waals surface area contributed by atoms with Gasteiger partial charge in [-0.2, -0.15) is 11.3 Å². The molecule has 0 radical (unpaired) electrons. The fourth-order valence-corrected chi connectivity index (χ4v) is 1.85. The van der Waals surface area contributed by atoms with Gasteiger partial charge >= 0.3 is 0 Å². The number of thiophene rings is 1. The number of methoxy groups -OCH3 is 1. The highest BCUT2D eigenvalue weighted by Gasteiger charge is 1.92. The summed E-state index contributed by atoms with van der Waals surface area (Å²) in [5.74, 6) is 0. The summed E-state index contributed by atoms with van der Waals surface area (Å²) in [6.45, 7) is 4.18. The van der Waals surface area contributed by atoms with Gasteiger partial charge in [-0.1, -0.05) is 0 Å². The molecule has 0 unspecified atom stereocenters. The van der Waals surface area contributed by atoms with Crippen molar-refractivity contribution in [2.75, 3.05) is 33.5 Å². The van der Waals surface area contributed by atoms with Crippen molar-refractivity contribution >= 4 is 11.3 Å². The molecule has 15 heavy (non-hydrogen) atoms. The van der Waals surface area contributed by atoms with Crippen LogP contribution in [0, 0.1) is 0 Å². The van der Waals surface area contributed by atoms with Crippen LogP contribution in [0.5, 0.6) is 0 Å². The van der Waals surface area contributed by atoms with E-state index in [1.165, 1.54) is 5.56 Å². The number of hydrogen-bond donors (Lipinski definition) is 1. The third kappa shape index (κ3) is 6.62. The Morgan fingerprint density at radius 1 is 1.33 bits per heavy atom. The van der Waals surface area contributed by atoms with Gasteiger partial charge in [0, 0.05) is 33.4 Å². The molecule has 1 aromatic rings. The average molecular weight is 229 g/mol. The van der Waals surface area contributed by atoms with E-state index < -0.39 is 0 Å². The second-order valence-corrected chi connectivity index (χ2v) is 4.05. The number of hydrogen-bond acceptors (Lipinski definition) is 4. The maximum Gasteiger partial charge on any atom is 0.0591 e. The molecule has 0 saturated carbocycles. The standard InChI is InChI=1S/C11H19NO2S/c1-13-5-2-6-14-7-4-12-9-11-3-8-15-10-11/h3,8,10,12H,2,4-7,9H2,1H3. The molecule has 3 nitrogen and oxygen atoms in total. The maximum atomic E-state index is 5.42. The molecule has 1 aromatic heterocycles. The second kappa shape index (κ2) is 8.85. The van der Waals surface area contributed by atoms with Gasteiger partial charge in [0.1, 0.15) is 0 Å². The quantitative estimate of drug-likeness (QED) is 0.656. The molecule has 0 atom stereocenters. The Morgan fingerprint density at radius 2 is 2.27 bits per heavy atom. The van der Waals surface area contributed by atoms with Crippen molar-refractivity contribution in [1.82, 2.24) is 5.32 Å². The summed E-state index contributed by atoms with van der Waals surface area (Å²) < 4.78 is 10.3. The SMILES string of the molecule is COCCCOCCNCc1ccsc1. The minimum atomic E-state index is 0.772. The van der Waals surface area contributed by atoms with Crippen LogP contribution < -0.4 is 5.32 Å². The molecular weight excluding hydrogens is 210 g/mol. The first-order valence-electron chi connectivity index (χ1n) is 5.22. The summed E-state index contributed by atoms with van der Waals surface area (Å²) >= 11 is 1.73. The van der Waals surface area contributed by atoms with E-state index in [2.05, 4.69) is 22.1 Å². The maximum absolute atomic E-state index is 5.42. The Hall–Kier alpha value is -0.420. The largest absolute Gasteiger partial charge is 0.385 e. The number of rotatable bonds is 9. The molecule has 0 aliphatic carbocycles. The van der Waals surface area contributed by atoms with Gasteiger partial charge in [0.05, 0.1) is 6.61 Å². The normalized spacial score (nSPS) is 10.7. The van der Waals surface area contributed by atoms with E-state index in [1.54, 1.807) is 18.4 Å². The van der Waals surface area contributed by atoms with Gasteiger partial charge < -0.3 is 14.8 Å². The molecule has 0 spiro atoms. The zero-order valence-corrected chi connectivity index (χ0v) is 10.0. The molecule has 4 heteroatoms. The lowest BCUT2D eigenvalue weighted by Crippen LogP contribution is -2.19. The average Bonchev–Trinajstić information content (AvgIpc) is 2.75. The first-order chi connectivity index (χ1) is 7.43. The predicted molar refractivity (Wildman–Crippen MR) is 63.3 cm³/mol. The minimum Gasteiger partial charge on any atom is -0.385 e. The molecule has 0 bridgehead atoms. The van der Waals surface area contributed by atoms with Crippen molar-refractivity contribution in [1.29, 1.82) is 0 Å². The molecular formula is C11H19NO2S. The summed E-state index contributed by atoms with van der Waals surface area (Å²) in [5, 5.41) is 7.58. The van der Waals surface area contributed by atoms with Crippen molar-refractivity contribution in [2.45, 2.75) is 13.0 Å². The Balaban J connectivity index is 1.81. The van der Waals surface area contributed by atoms with Crippen LogP contribution in [0.3, 0.4) is 0 Å². The summed E-state index contributed by atoms with van der Waals surface area (Å²) in [6.07, 6.45) is 0.973. The third-order valence-electron chi connectivity index (χ3n) is 1.97. The number of nitrogens with one attached hydrogen (secondary N) is 1. The summed E-state index contributed by atoms with van der Waals surface area (Å²) in [7, 11) is 1.71. The van der Waals surface area contributed by atoms with Crippen LogP contribution in [0.2, 0.25) is 0 Å². The van der Waals surface area contributed by atoms with E-state index in [0.717, 1.165) is 39.3 Å². The second-order valence-electron chi connectivity index (χ2n) is 3.27. The molecule has 1 heterocycles. The summed E-state index contributed by atoms with van der Waals surface area (Å²) in [6, 6.07) is 2.14. The Labute approximate surface area is 95.4 Å². The lowest BCUT2D eigenvalue weighted by Gasteiger charge is -2.05. The van der Waals surface area contributed by atoms with Crippen molar-refractivity contribution in [3.63, 3.8) is 0 Å². The molecule has 86 valence electrons. The minimum absolute atomic E-state index is 0.772. The van der Waals surface area contributed by atoms with E-state index in [-0.39, 0.29) is 0 Å². The van der Waals surface area contributed by atoms with Crippen molar-refractivity contribution in [3.05, 3.63) is 22.4 Å². The van der Waals surface area contributed by atoms with Crippen LogP contribution in [-0.4, -0.2) is 33.5 Å². The highest BCUT2D eigenvalue weighted by molar-refractivity contribution is 7.07. The van der Waals surface area contributed by atoms with Crippen LogP contribution >= 0.6 is 11.3 Å². The van der Waals surface area contributed by atoms with Gasteiger partial charge in [0.25, 0.3) is 0 Å². The van der Waals surface area contributed by atoms with Crippen molar-refractivity contribution in [3.8, 4) is 0 Å². The molecule has 0 aliphatic heterocycles. The molecule has 1 rings (SSSR count). The van der Waals surface area contributed by atoms with Gasteiger partial charge in [0.2, 0.25) is 0 Å². The molecule has 0 aromatic carbocycles. The number of ether oxygens (including phenoxy) is 2. The van der Waals surface area contributed by atoms with Crippen LogP contribution in [0.25, 0.3) is 0 Å². The third-order valence-corrected chi connectivity index (χ3v) is 2.70. The summed E-state index contributed by atoms with van der Waals surface area (Å²) in [4.78, 5) is 0. The first kappa shape index (κ1) is 12.6. The lowest BCUT2D eigenvalue weighted by atomic mass is 10.3. The Kier molecular flexibility index (Phi) is 7.47. The van der Waals surface area contributed by atoms with Gasteiger partial charge in [-0.05, 0) is 28.8 Å². The topological polar surface area (TPSA) is 30.5 Å². The summed E-state index contributed by atoms with van der Waals surface area (Å²) in [5.41, 5.74) is 1.35. The zero-order chi connectivity index (χ0) is 10.8. The van der Waals surface area contributed by atoms with E-state index in [0.29, 0.717) is 0 Å². The molecule has 1 N–H and O–H groups in total. The van der Waals surface area contributed by atoms with Crippen molar-refractivity contribution in [2.24, 2.45) is 0 Å². The van der Waals surface area contributed by atoms with Crippen LogP contribution in [0.4, 0.5) is 0 Å². The van der Waals surface area contributed by atoms with Crippen LogP contribution in [0.15, 0.2) is 16.8 Å². The van der Waals surface area contributed by atoms with Gasteiger partial charge in [0.15, 0.2) is 0 Å². The molecule has 0 amide bonds. The Bertz CT molecular complexity index is 227. The predicted octanol–water partition coefficient (Wildman–Crippen LogP) is 1.89. The van der Waals surface area contributed by atoms with Crippen molar-refractivity contribution < 1.29 is 9.47 Å². The van der Waals surface area contributed by atoms with E-state index in [9.17, 15) is 0 Å².